The molecule has 0 saturated carbocycles. The van der Waals surface area contributed by atoms with Crippen molar-refractivity contribution in [3.05, 3.63) is 18.2 Å². The first-order valence-corrected chi connectivity index (χ1v) is 8.28. The van der Waals surface area contributed by atoms with Crippen molar-refractivity contribution in [2.75, 3.05) is 24.6 Å². The molecule has 114 valence electrons. The van der Waals surface area contributed by atoms with Gasteiger partial charge in [0.2, 0.25) is 5.91 Å². The number of thioether (sulfide) groups is 1. The van der Waals surface area contributed by atoms with E-state index in [1.165, 1.54) is 11.8 Å². The van der Waals surface area contributed by atoms with Gasteiger partial charge in [-0.1, -0.05) is 25.6 Å². The number of carbonyl (C=O) groups is 1. The highest BCUT2D eigenvalue weighted by atomic mass is 32.2. The minimum Gasteiger partial charge on any atom is -0.399 e. The molecule has 0 aliphatic rings. The van der Waals surface area contributed by atoms with Crippen LogP contribution in [0.15, 0.2) is 23.4 Å². The maximum Gasteiger partial charge on any atom is 0.233 e. The van der Waals surface area contributed by atoms with Crippen LogP contribution in [-0.2, 0) is 4.79 Å². The Hall–Kier alpha value is -1.69. The van der Waals surface area contributed by atoms with Crippen molar-refractivity contribution in [3.63, 3.8) is 0 Å². The number of aromatic amines is 1. The summed E-state index contributed by atoms with van der Waals surface area (Å²) >= 11 is 1.44. The first-order valence-electron chi connectivity index (χ1n) is 7.29. The Morgan fingerprint density at radius 1 is 1.33 bits per heavy atom. The number of fused-ring (bicyclic) bond motifs is 1. The van der Waals surface area contributed by atoms with Crippen LogP contribution in [0.25, 0.3) is 11.0 Å². The molecule has 1 heterocycles. The van der Waals surface area contributed by atoms with Gasteiger partial charge in [0, 0.05) is 18.8 Å². The Kier molecular flexibility index (Phi) is 5.50. The molecule has 5 nitrogen and oxygen atoms in total. The summed E-state index contributed by atoms with van der Waals surface area (Å²) in [4.78, 5) is 21.8. The lowest BCUT2D eigenvalue weighted by Crippen LogP contribution is -2.33. The normalized spacial score (nSPS) is 11.0. The number of hydrogen-bond donors (Lipinski definition) is 2. The fourth-order valence-corrected chi connectivity index (χ4v) is 2.98. The Morgan fingerprint density at radius 2 is 2.05 bits per heavy atom. The van der Waals surface area contributed by atoms with Gasteiger partial charge in [-0.3, -0.25) is 4.79 Å². The summed E-state index contributed by atoms with van der Waals surface area (Å²) in [7, 11) is 0. The fraction of sp³-hybridized carbons (Fsp3) is 0.467. The molecule has 1 aromatic carbocycles. The molecule has 2 aromatic rings. The zero-order valence-corrected chi connectivity index (χ0v) is 13.4. The van der Waals surface area contributed by atoms with Crippen LogP contribution in [0.5, 0.6) is 0 Å². The molecule has 0 unspecified atom stereocenters. The number of benzene rings is 1. The smallest absolute Gasteiger partial charge is 0.233 e. The van der Waals surface area contributed by atoms with E-state index in [2.05, 4.69) is 23.8 Å². The molecule has 0 aliphatic heterocycles. The van der Waals surface area contributed by atoms with Crippen molar-refractivity contribution in [2.24, 2.45) is 0 Å². The average molecular weight is 306 g/mol. The first-order chi connectivity index (χ1) is 10.1. The summed E-state index contributed by atoms with van der Waals surface area (Å²) in [6, 6.07) is 5.56. The number of nitrogens with zero attached hydrogens (tertiary/aromatic N) is 2. The summed E-state index contributed by atoms with van der Waals surface area (Å²) in [6.45, 7) is 5.83. The third-order valence-corrected chi connectivity index (χ3v) is 4.01. The molecule has 0 saturated heterocycles. The molecule has 0 bridgehead atoms. The summed E-state index contributed by atoms with van der Waals surface area (Å²) in [5, 5.41) is 0.761. The number of nitrogen functional groups attached to an aromatic ring is 1. The Balaban J connectivity index is 1.98. The van der Waals surface area contributed by atoms with Crippen LogP contribution >= 0.6 is 11.8 Å². The number of nitrogens with one attached hydrogen (secondary N) is 1. The minimum atomic E-state index is 0.170. The van der Waals surface area contributed by atoms with E-state index in [0.29, 0.717) is 11.4 Å². The quantitative estimate of drug-likeness (QED) is 0.609. The molecule has 21 heavy (non-hydrogen) atoms. The second kappa shape index (κ2) is 7.36. The zero-order valence-electron chi connectivity index (χ0n) is 12.6. The Labute approximate surface area is 129 Å². The van der Waals surface area contributed by atoms with Gasteiger partial charge in [0.05, 0.1) is 16.8 Å². The van der Waals surface area contributed by atoms with E-state index in [4.69, 9.17) is 5.73 Å². The van der Waals surface area contributed by atoms with E-state index >= 15 is 0 Å². The molecule has 0 atom stereocenters. The number of anilines is 1. The highest BCUT2D eigenvalue weighted by Crippen LogP contribution is 2.21. The second-order valence-electron chi connectivity index (χ2n) is 4.99. The number of aromatic nitrogens is 2. The summed E-state index contributed by atoms with van der Waals surface area (Å²) < 4.78 is 0. The van der Waals surface area contributed by atoms with Crippen LogP contribution in [0.1, 0.15) is 26.7 Å². The minimum absolute atomic E-state index is 0.170. The van der Waals surface area contributed by atoms with E-state index in [-0.39, 0.29) is 5.91 Å². The number of hydrogen-bond acceptors (Lipinski definition) is 4. The number of rotatable bonds is 7. The van der Waals surface area contributed by atoms with Crippen molar-refractivity contribution in [2.45, 2.75) is 31.8 Å². The summed E-state index contributed by atoms with van der Waals surface area (Å²) in [5.41, 5.74) is 8.23. The van der Waals surface area contributed by atoms with Crippen molar-refractivity contribution in [1.82, 2.24) is 14.9 Å². The van der Waals surface area contributed by atoms with Crippen LogP contribution in [0.3, 0.4) is 0 Å². The predicted molar refractivity (Wildman–Crippen MR) is 88.4 cm³/mol. The van der Waals surface area contributed by atoms with Gasteiger partial charge in [-0.15, -0.1) is 0 Å². The third-order valence-electron chi connectivity index (χ3n) is 3.16. The van der Waals surface area contributed by atoms with Crippen LogP contribution in [0, 0.1) is 0 Å². The summed E-state index contributed by atoms with van der Waals surface area (Å²) in [5.74, 6) is 0.582. The van der Waals surface area contributed by atoms with E-state index in [9.17, 15) is 4.79 Å². The number of H-pyrrole nitrogens is 1. The van der Waals surface area contributed by atoms with Gasteiger partial charge in [0.25, 0.3) is 0 Å². The standard InChI is InChI=1S/C15H22N4OS/c1-3-7-19(8-4-2)14(20)10-21-15-17-12-6-5-11(16)9-13(12)18-15/h5-6,9H,3-4,7-8,10,16H2,1-2H3,(H,17,18). The van der Waals surface area contributed by atoms with Gasteiger partial charge in [-0.2, -0.15) is 0 Å². The molecule has 1 aromatic heterocycles. The van der Waals surface area contributed by atoms with Crippen LogP contribution in [0.2, 0.25) is 0 Å². The summed E-state index contributed by atoms with van der Waals surface area (Å²) in [6.07, 6.45) is 1.97. The molecule has 0 fully saturated rings. The Bertz CT molecular complexity index is 605. The van der Waals surface area contributed by atoms with Crippen molar-refractivity contribution in [1.29, 1.82) is 0 Å². The number of amides is 1. The molecule has 6 heteroatoms. The SMILES string of the molecule is CCCN(CCC)C(=O)CSc1nc2ccc(N)cc2[nH]1. The maximum absolute atomic E-state index is 12.2. The average Bonchev–Trinajstić information content (AvgIpc) is 2.86. The van der Waals surface area contributed by atoms with Crippen LogP contribution in [-0.4, -0.2) is 39.6 Å². The van der Waals surface area contributed by atoms with E-state index in [0.717, 1.165) is 42.1 Å². The van der Waals surface area contributed by atoms with Gasteiger partial charge < -0.3 is 15.6 Å². The van der Waals surface area contributed by atoms with Gasteiger partial charge in [-0.25, -0.2) is 4.98 Å². The van der Waals surface area contributed by atoms with Crippen LogP contribution in [0.4, 0.5) is 5.69 Å². The number of carbonyl (C=O) groups excluding carboxylic acids is 1. The van der Waals surface area contributed by atoms with Crippen molar-refractivity contribution in [3.8, 4) is 0 Å². The molecule has 0 radical (unpaired) electrons. The molecule has 2 rings (SSSR count). The van der Waals surface area contributed by atoms with Gasteiger partial charge in [0.1, 0.15) is 0 Å². The van der Waals surface area contributed by atoms with Gasteiger partial charge in [-0.05, 0) is 31.0 Å². The number of imidazole rings is 1. The largest absolute Gasteiger partial charge is 0.399 e. The Morgan fingerprint density at radius 3 is 2.71 bits per heavy atom. The van der Waals surface area contributed by atoms with Gasteiger partial charge >= 0.3 is 0 Å². The topological polar surface area (TPSA) is 75.0 Å². The zero-order chi connectivity index (χ0) is 15.2. The number of nitrogens with two attached hydrogens (primary N) is 1. The lowest BCUT2D eigenvalue weighted by Gasteiger charge is -2.20. The van der Waals surface area contributed by atoms with Gasteiger partial charge in [0.15, 0.2) is 5.16 Å². The molecule has 1 amide bonds. The highest BCUT2D eigenvalue weighted by Gasteiger charge is 2.13. The van der Waals surface area contributed by atoms with E-state index in [1.54, 1.807) is 0 Å². The molecular weight excluding hydrogens is 284 g/mol. The maximum atomic E-state index is 12.2. The molecule has 0 spiro atoms. The van der Waals surface area contributed by atoms with E-state index < -0.39 is 0 Å². The fourth-order valence-electron chi connectivity index (χ4n) is 2.19. The van der Waals surface area contributed by atoms with Crippen LogP contribution < -0.4 is 5.73 Å². The van der Waals surface area contributed by atoms with Crippen molar-refractivity contribution < 1.29 is 4.79 Å². The highest BCUT2D eigenvalue weighted by molar-refractivity contribution is 7.99. The van der Waals surface area contributed by atoms with E-state index in [1.807, 2.05) is 23.1 Å². The lowest BCUT2D eigenvalue weighted by atomic mass is 10.3. The third kappa shape index (κ3) is 4.14. The molecule has 0 aliphatic carbocycles. The molecule has 3 N–H and O–H groups in total. The predicted octanol–water partition coefficient (Wildman–Crippen LogP) is 2.89. The monoisotopic (exact) mass is 306 g/mol. The molecular formula is C15H22N4OS. The lowest BCUT2D eigenvalue weighted by molar-refractivity contribution is -0.128. The second-order valence-corrected chi connectivity index (χ2v) is 5.95. The van der Waals surface area contributed by atoms with Crippen molar-refractivity contribution >= 4 is 34.4 Å². The first kappa shape index (κ1) is 15.7.